The minimum Gasteiger partial charge on any atom is -0.493 e. The highest BCUT2D eigenvalue weighted by Gasteiger charge is 2.24. The molecule has 0 aliphatic carbocycles. The second-order valence-electron chi connectivity index (χ2n) is 4.80. The Morgan fingerprint density at radius 3 is 2.67 bits per heavy atom. The molecular formula is C13H23N3O2. The van der Waals surface area contributed by atoms with E-state index in [1.807, 2.05) is 20.8 Å². The van der Waals surface area contributed by atoms with E-state index in [0.717, 1.165) is 12.8 Å². The fraction of sp³-hybridized carbons (Fsp3) is 0.692. The zero-order valence-corrected chi connectivity index (χ0v) is 11.6. The lowest BCUT2D eigenvalue weighted by atomic mass is 9.97. The lowest BCUT2D eigenvalue weighted by Gasteiger charge is -2.15. The Kier molecular flexibility index (Phi) is 5.34. The normalized spacial score (nSPS) is 12.8. The van der Waals surface area contributed by atoms with Crippen LogP contribution in [0.5, 0.6) is 5.75 Å². The average Bonchev–Trinajstić information content (AvgIpc) is 2.78. The standard InChI is InChI=1S/C13H23N3O2/c1-9(2)16-12(11(18-4)8-15-16)13(17)10(3)6-5-7-14/h8-10H,5-7,14H2,1-4H3. The van der Waals surface area contributed by atoms with Gasteiger partial charge in [0.15, 0.2) is 11.5 Å². The maximum absolute atomic E-state index is 12.4. The Hall–Kier alpha value is -1.36. The molecule has 0 saturated carbocycles. The third-order valence-corrected chi connectivity index (χ3v) is 2.99. The summed E-state index contributed by atoms with van der Waals surface area (Å²) < 4.78 is 6.95. The molecule has 1 aromatic heterocycles. The van der Waals surface area contributed by atoms with Crippen molar-refractivity contribution in [1.82, 2.24) is 9.78 Å². The summed E-state index contributed by atoms with van der Waals surface area (Å²) in [5.74, 6) is 0.566. The second-order valence-corrected chi connectivity index (χ2v) is 4.80. The fourth-order valence-corrected chi connectivity index (χ4v) is 1.91. The lowest BCUT2D eigenvalue weighted by Crippen LogP contribution is -2.19. The van der Waals surface area contributed by atoms with Gasteiger partial charge in [0.25, 0.3) is 0 Å². The molecule has 0 radical (unpaired) electrons. The molecule has 0 bridgehead atoms. The summed E-state index contributed by atoms with van der Waals surface area (Å²) in [7, 11) is 1.56. The van der Waals surface area contributed by atoms with E-state index in [1.54, 1.807) is 18.0 Å². The first-order valence-electron chi connectivity index (χ1n) is 6.38. The summed E-state index contributed by atoms with van der Waals surface area (Å²) in [6, 6.07) is 0.134. The predicted molar refractivity (Wildman–Crippen MR) is 70.9 cm³/mol. The third kappa shape index (κ3) is 3.10. The van der Waals surface area contributed by atoms with Crippen LogP contribution in [0, 0.1) is 5.92 Å². The van der Waals surface area contributed by atoms with Crippen LogP contribution in [0.1, 0.15) is 50.1 Å². The number of rotatable bonds is 7. The van der Waals surface area contributed by atoms with E-state index < -0.39 is 0 Å². The molecule has 1 heterocycles. The molecule has 1 unspecified atom stereocenters. The highest BCUT2D eigenvalue weighted by molar-refractivity contribution is 5.98. The zero-order chi connectivity index (χ0) is 13.7. The van der Waals surface area contributed by atoms with E-state index in [-0.39, 0.29) is 17.7 Å². The largest absolute Gasteiger partial charge is 0.493 e. The number of hydrogen-bond acceptors (Lipinski definition) is 4. The first kappa shape index (κ1) is 14.7. The number of aromatic nitrogens is 2. The zero-order valence-electron chi connectivity index (χ0n) is 11.6. The molecule has 0 fully saturated rings. The molecule has 0 spiro atoms. The summed E-state index contributed by atoms with van der Waals surface area (Å²) in [4.78, 5) is 12.4. The molecule has 0 aliphatic rings. The van der Waals surface area contributed by atoms with E-state index >= 15 is 0 Å². The van der Waals surface area contributed by atoms with E-state index in [9.17, 15) is 4.79 Å². The number of carbonyl (C=O) groups is 1. The van der Waals surface area contributed by atoms with Crippen molar-refractivity contribution in [1.29, 1.82) is 0 Å². The summed E-state index contributed by atoms with van der Waals surface area (Å²) in [6.07, 6.45) is 3.25. The number of ether oxygens (including phenoxy) is 1. The van der Waals surface area contributed by atoms with Crippen LogP contribution in [-0.4, -0.2) is 29.2 Å². The summed E-state index contributed by atoms with van der Waals surface area (Å²) in [5.41, 5.74) is 6.04. The summed E-state index contributed by atoms with van der Waals surface area (Å²) in [6.45, 7) is 6.52. The van der Waals surface area contributed by atoms with Crippen LogP contribution in [-0.2, 0) is 0 Å². The average molecular weight is 253 g/mol. The molecule has 0 aromatic carbocycles. The number of Topliss-reactive ketones (excluding diaryl/α,β-unsaturated/α-hetero) is 1. The first-order chi connectivity index (χ1) is 8.52. The van der Waals surface area contributed by atoms with Gasteiger partial charge in [-0.05, 0) is 33.2 Å². The number of methoxy groups -OCH3 is 1. The van der Waals surface area contributed by atoms with Crippen LogP contribution in [0.2, 0.25) is 0 Å². The molecule has 0 aliphatic heterocycles. The number of hydrogen-bond donors (Lipinski definition) is 1. The highest BCUT2D eigenvalue weighted by atomic mass is 16.5. The summed E-state index contributed by atoms with van der Waals surface area (Å²) in [5, 5.41) is 4.22. The first-order valence-corrected chi connectivity index (χ1v) is 6.38. The quantitative estimate of drug-likeness (QED) is 0.755. The van der Waals surface area contributed by atoms with Gasteiger partial charge in [0.2, 0.25) is 0 Å². The van der Waals surface area contributed by atoms with Gasteiger partial charge in [-0.2, -0.15) is 5.10 Å². The van der Waals surface area contributed by atoms with E-state index in [1.165, 1.54) is 0 Å². The van der Waals surface area contributed by atoms with Crippen molar-refractivity contribution in [3.8, 4) is 5.75 Å². The third-order valence-electron chi connectivity index (χ3n) is 2.99. The molecule has 102 valence electrons. The maximum atomic E-state index is 12.4. The fourth-order valence-electron chi connectivity index (χ4n) is 1.91. The van der Waals surface area contributed by atoms with Crippen molar-refractivity contribution in [2.75, 3.05) is 13.7 Å². The van der Waals surface area contributed by atoms with Gasteiger partial charge in [0.05, 0.1) is 13.3 Å². The van der Waals surface area contributed by atoms with Gasteiger partial charge in [-0.1, -0.05) is 6.92 Å². The van der Waals surface area contributed by atoms with Crippen molar-refractivity contribution in [2.45, 2.75) is 39.7 Å². The Morgan fingerprint density at radius 1 is 1.50 bits per heavy atom. The van der Waals surface area contributed by atoms with Crippen molar-refractivity contribution in [3.05, 3.63) is 11.9 Å². The number of ketones is 1. The minimum atomic E-state index is -0.0587. The van der Waals surface area contributed by atoms with Crippen LogP contribution >= 0.6 is 0 Å². The molecule has 1 aromatic rings. The van der Waals surface area contributed by atoms with Crippen LogP contribution in [0.4, 0.5) is 0 Å². The SMILES string of the molecule is COc1cnn(C(C)C)c1C(=O)C(C)CCCN. The maximum Gasteiger partial charge on any atom is 0.187 e. The Morgan fingerprint density at radius 2 is 2.17 bits per heavy atom. The van der Waals surface area contributed by atoms with E-state index in [4.69, 9.17) is 10.5 Å². The topological polar surface area (TPSA) is 70.1 Å². The van der Waals surface area contributed by atoms with Crippen LogP contribution in [0.15, 0.2) is 6.20 Å². The molecule has 0 amide bonds. The Bertz CT molecular complexity index is 399. The van der Waals surface area contributed by atoms with Gasteiger partial charge in [-0.3, -0.25) is 9.48 Å². The van der Waals surface area contributed by atoms with Gasteiger partial charge >= 0.3 is 0 Å². The molecule has 2 N–H and O–H groups in total. The van der Waals surface area contributed by atoms with Gasteiger partial charge in [-0.25, -0.2) is 0 Å². The smallest absolute Gasteiger partial charge is 0.187 e. The van der Waals surface area contributed by atoms with Gasteiger partial charge in [-0.15, -0.1) is 0 Å². The van der Waals surface area contributed by atoms with Gasteiger partial charge < -0.3 is 10.5 Å². The molecule has 5 nitrogen and oxygen atoms in total. The number of nitrogens with zero attached hydrogens (tertiary/aromatic N) is 2. The van der Waals surface area contributed by atoms with Crippen LogP contribution < -0.4 is 10.5 Å². The van der Waals surface area contributed by atoms with Gasteiger partial charge in [0, 0.05) is 12.0 Å². The molecular weight excluding hydrogens is 230 g/mol. The molecule has 1 atom stereocenters. The second kappa shape index (κ2) is 6.54. The molecule has 5 heteroatoms. The minimum absolute atomic E-state index is 0.0587. The van der Waals surface area contributed by atoms with Gasteiger partial charge in [0.1, 0.15) is 5.69 Å². The predicted octanol–water partition coefficient (Wildman–Crippen LogP) is 2.03. The van der Waals surface area contributed by atoms with Crippen molar-refractivity contribution in [3.63, 3.8) is 0 Å². The van der Waals surface area contributed by atoms with E-state index in [0.29, 0.717) is 18.0 Å². The number of nitrogens with two attached hydrogens (primary N) is 1. The summed E-state index contributed by atoms with van der Waals surface area (Å²) >= 11 is 0. The molecule has 18 heavy (non-hydrogen) atoms. The Balaban J connectivity index is 2.99. The highest BCUT2D eigenvalue weighted by Crippen LogP contribution is 2.25. The molecule has 0 saturated heterocycles. The molecule has 1 rings (SSSR count). The van der Waals surface area contributed by atoms with E-state index in [2.05, 4.69) is 5.10 Å². The Labute approximate surface area is 108 Å². The monoisotopic (exact) mass is 253 g/mol. The van der Waals surface area contributed by atoms with Crippen molar-refractivity contribution >= 4 is 5.78 Å². The van der Waals surface area contributed by atoms with Crippen molar-refractivity contribution < 1.29 is 9.53 Å². The lowest BCUT2D eigenvalue weighted by molar-refractivity contribution is 0.0907. The van der Waals surface area contributed by atoms with Crippen LogP contribution in [0.25, 0.3) is 0 Å². The van der Waals surface area contributed by atoms with Crippen molar-refractivity contribution in [2.24, 2.45) is 11.7 Å². The van der Waals surface area contributed by atoms with Crippen LogP contribution in [0.3, 0.4) is 0 Å². The number of carbonyl (C=O) groups excluding carboxylic acids is 1.